The van der Waals surface area contributed by atoms with Crippen LogP contribution in [0.25, 0.3) is 0 Å². The first kappa shape index (κ1) is 23.1. The maximum atomic E-state index is 6.21. The fourth-order valence-electron chi connectivity index (χ4n) is 3.44. The lowest BCUT2D eigenvalue weighted by Gasteiger charge is -2.36. The molecule has 0 unspecified atom stereocenters. The van der Waals surface area contributed by atoms with Crippen molar-refractivity contribution < 1.29 is 9.47 Å². The van der Waals surface area contributed by atoms with Gasteiger partial charge in [0.25, 0.3) is 0 Å². The summed E-state index contributed by atoms with van der Waals surface area (Å²) in [5, 5.41) is 3.22. The van der Waals surface area contributed by atoms with Gasteiger partial charge < -0.3 is 20.5 Å². The van der Waals surface area contributed by atoms with Gasteiger partial charge in [0.1, 0.15) is 0 Å². The van der Waals surface area contributed by atoms with E-state index in [1.165, 1.54) is 5.56 Å². The van der Waals surface area contributed by atoms with Gasteiger partial charge in [-0.05, 0) is 36.6 Å². The molecule has 0 aromatic heterocycles. The van der Waals surface area contributed by atoms with E-state index in [0.717, 1.165) is 41.8 Å². The zero-order chi connectivity index (χ0) is 19.1. The number of rotatable bonds is 6. The molecule has 0 amide bonds. The van der Waals surface area contributed by atoms with E-state index < -0.39 is 0 Å². The van der Waals surface area contributed by atoms with Gasteiger partial charge >= 0.3 is 0 Å². The van der Waals surface area contributed by atoms with Crippen molar-refractivity contribution in [3.63, 3.8) is 0 Å². The first-order valence-corrected chi connectivity index (χ1v) is 9.90. The molecular weight excluding hydrogens is 533 g/mol. The molecule has 7 heteroatoms. The summed E-state index contributed by atoms with van der Waals surface area (Å²) in [7, 11) is 1.68. The molecule has 3 rings (SSSR count). The van der Waals surface area contributed by atoms with Gasteiger partial charge in [0.15, 0.2) is 5.96 Å². The van der Waals surface area contributed by atoms with Crippen molar-refractivity contribution in [2.24, 2.45) is 10.7 Å². The second-order valence-corrected chi connectivity index (χ2v) is 7.73. The number of hydrogen-bond acceptors (Lipinski definition) is 3. The van der Waals surface area contributed by atoms with Crippen LogP contribution in [0.15, 0.2) is 58.0 Å². The van der Waals surface area contributed by atoms with Gasteiger partial charge in [0.05, 0.1) is 13.2 Å². The minimum atomic E-state index is -0.0443. The van der Waals surface area contributed by atoms with Crippen LogP contribution in [0, 0.1) is 0 Å². The second-order valence-electron chi connectivity index (χ2n) is 6.82. The van der Waals surface area contributed by atoms with Gasteiger partial charge in [0, 0.05) is 41.5 Å². The van der Waals surface area contributed by atoms with Crippen LogP contribution in [0.5, 0.6) is 0 Å². The average molecular weight is 560 g/mol. The summed E-state index contributed by atoms with van der Waals surface area (Å²) in [5.74, 6) is 0.418. The summed E-state index contributed by atoms with van der Waals surface area (Å²) < 4.78 is 11.9. The van der Waals surface area contributed by atoms with Crippen LogP contribution in [0.3, 0.4) is 0 Å². The Bertz CT molecular complexity index is 777. The molecule has 1 heterocycles. The monoisotopic (exact) mass is 559 g/mol. The Morgan fingerprint density at radius 2 is 1.86 bits per heavy atom. The number of para-hydroxylation sites is 1. The standard InChI is InChI=1S/C21H26BrN3O2.HI/c1-26-14-16-4-2-3-5-19(16)25-20(23)24-15-21(10-12-27-13-11-21)17-6-8-18(22)9-7-17;/h2-9H,10-15H2,1H3,(H3,23,24,25);1H. The van der Waals surface area contributed by atoms with Gasteiger partial charge in [-0.25, -0.2) is 0 Å². The summed E-state index contributed by atoms with van der Waals surface area (Å²) in [6.07, 6.45) is 1.87. The van der Waals surface area contributed by atoms with Crippen LogP contribution < -0.4 is 11.1 Å². The molecule has 1 saturated heterocycles. The first-order valence-electron chi connectivity index (χ1n) is 9.10. The normalized spacial score (nSPS) is 16.3. The number of guanidine groups is 1. The molecule has 0 atom stereocenters. The van der Waals surface area contributed by atoms with E-state index >= 15 is 0 Å². The van der Waals surface area contributed by atoms with Crippen LogP contribution in [-0.4, -0.2) is 32.8 Å². The van der Waals surface area contributed by atoms with E-state index in [0.29, 0.717) is 19.1 Å². The minimum absolute atomic E-state index is 0. The predicted molar refractivity (Wildman–Crippen MR) is 129 cm³/mol. The largest absolute Gasteiger partial charge is 0.381 e. The summed E-state index contributed by atoms with van der Waals surface area (Å²) in [5.41, 5.74) is 9.42. The lowest BCUT2D eigenvalue weighted by Crippen LogP contribution is -2.38. The fourth-order valence-corrected chi connectivity index (χ4v) is 3.71. The summed E-state index contributed by atoms with van der Waals surface area (Å²) >= 11 is 3.51. The summed E-state index contributed by atoms with van der Waals surface area (Å²) in [4.78, 5) is 4.69. The van der Waals surface area contributed by atoms with Crippen molar-refractivity contribution in [2.75, 3.05) is 32.2 Å². The summed E-state index contributed by atoms with van der Waals surface area (Å²) in [6.45, 7) is 2.64. The van der Waals surface area contributed by atoms with Crippen molar-refractivity contribution in [1.82, 2.24) is 0 Å². The highest BCUT2D eigenvalue weighted by Gasteiger charge is 2.34. The number of ether oxygens (including phenoxy) is 2. The van der Waals surface area contributed by atoms with Gasteiger partial charge in [-0.2, -0.15) is 0 Å². The van der Waals surface area contributed by atoms with E-state index in [1.54, 1.807) is 7.11 Å². The molecule has 1 aliphatic rings. The van der Waals surface area contributed by atoms with Crippen LogP contribution >= 0.6 is 39.9 Å². The Hall–Kier alpha value is -1.16. The third-order valence-corrected chi connectivity index (χ3v) is 5.57. The van der Waals surface area contributed by atoms with Crippen LogP contribution in [0.4, 0.5) is 5.69 Å². The third-order valence-electron chi connectivity index (χ3n) is 5.04. The molecule has 0 saturated carbocycles. The zero-order valence-corrected chi connectivity index (χ0v) is 19.9. The number of hydrogen-bond donors (Lipinski definition) is 2. The molecule has 5 nitrogen and oxygen atoms in total. The van der Waals surface area contributed by atoms with Crippen LogP contribution in [-0.2, 0) is 21.5 Å². The van der Waals surface area contributed by atoms with E-state index in [4.69, 9.17) is 20.2 Å². The number of halogens is 2. The number of benzene rings is 2. The number of nitrogens with two attached hydrogens (primary N) is 1. The molecule has 2 aromatic rings. The number of methoxy groups -OCH3 is 1. The van der Waals surface area contributed by atoms with Crippen molar-refractivity contribution in [3.05, 3.63) is 64.1 Å². The highest BCUT2D eigenvalue weighted by Crippen LogP contribution is 2.35. The molecule has 28 heavy (non-hydrogen) atoms. The molecule has 152 valence electrons. The van der Waals surface area contributed by atoms with Gasteiger partial charge in [-0.15, -0.1) is 24.0 Å². The van der Waals surface area contributed by atoms with E-state index in [2.05, 4.69) is 45.5 Å². The highest BCUT2D eigenvalue weighted by molar-refractivity contribution is 14.0. The first-order chi connectivity index (χ1) is 13.1. The Labute approximate surface area is 192 Å². The molecule has 0 aliphatic carbocycles. The molecule has 1 aliphatic heterocycles. The SMILES string of the molecule is COCc1ccccc1NC(N)=NCC1(c2ccc(Br)cc2)CCOCC1.I. The van der Waals surface area contributed by atoms with E-state index in [-0.39, 0.29) is 29.4 Å². The number of nitrogens with zero attached hydrogens (tertiary/aromatic N) is 1. The van der Waals surface area contributed by atoms with E-state index in [9.17, 15) is 0 Å². The molecule has 0 radical (unpaired) electrons. The Balaban J connectivity index is 0.00000280. The number of nitrogens with one attached hydrogen (secondary N) is 1. The topological polar surface area (TPSA) is 68.9 Å². The number of aliphatic imine (C=N–C) groups is 1. The lowest BCUT2D eigenvalue weighted by molar-refractivity contribution is 0.0531. The minimum Gasteiger partial charge on any atom is -0.381 e. The lowest BCUT2D eigenvalue weighted by atomic mass is 9.74. The molecular formula is C21H27BrIN3O2. The van der Waals surface area contributed by atoms with E-state index in [1.807, 2.05) is 24.3 Å². The van der Waals surface area contributed by atoms with Crippen LogP contribution in [0.2, 0.25) is 0 Å². The van der Waals surface area contributed by atoms with Crippen molar-refractivity contribution in [1.29, 1.82) is 0 Å². The Morgan fingerprint density at radius 1 is 1.18 bits per heavy atom. The zero-order valence-electron chi connectivity index (χ0n) is 16.0. The maximum Gasteiger partial charge on any atom is 0.193 e. The van der Waals surface area contributed by atoms with Gasteiger partial charge in [0.2, 0.25) is 0 Å². The molecule has 0 bridgehead atoms. The van der Waals surface area contributed by atoms with Gasteiger partial charge in [-0.1, -0.05) is 46.3 Å². The fraction of sp³-hybridized carbons (Fsp3) is 0.381. The Kier molecular flexibility index (Phi) is 9.20. The smallest absolute Gasteiger partial charge is 0.193 e. The van der Waals surface area contributed by atoms with Crippen molar-refractivity contribution >= 4 is 51.6 Å². The number of anilines is 1. The summed E-state index contributed by atoms with van der Waals surface area (Å²) in [6, 6.07) is 16.5. The average Bonchev–Trinajstić information content (AvgIpc) is 2.69. The predicted octanol–water partition coefficient (Wildman–Crippen LogP) is 4.69. The second kappa shape index (κ2) is 11.1. The molecule has 0 spiro atoms. The molecule has 2 aromatic carbocycles. The third kappa shape index (κ3) is 5.92. The quantitative estimate of drug-likeness (QED) is 0.306. The molecule has 3 N–H and O–H groups in total. The molecule has 1 fully saturated rings. The van der Waals surface area contributed by atoms with Crippen molar-refractivity contribution in [3.8, 4) is 0 Å². The van der Waals surface area contributed by atoms with Crippen molar-refractivity contribution in [2.45, 2.75) is 24.9 Å². The Morgan fingerprint density at radius 3 is 2.54 bits per heavy atom. The van der Waals surface area contributed by atoms with Crippen LogP contribution in [0.1, 0.15) is 24.0 Å². The highest BCUT2D eigenvalue weighted by atomic mass is 127. The van der Waals surface area contributed by atoms with Gasteiger partial charge in [-0.3, -0.25) is 4.99 Å². The maximum absolute atomic E-state index is 6.21.